The average molecular weight is 311 g/mol. The molecule has 0 amide bonds. The van der Waals surface area contributed by atoms with Crippen LogP contribution in [0.3, 0.4) is 0 Å². The summed E-state index contributed by atoms with van der Waals surface area (Å²) in [5.74, 6) is 0.836. The third-order valence-corrected chi connectivity index (χ3v) is 5.06. The van der Waals surface area contributed by atoms with Crippen molar-refractivity contribution in [2.75, 3.05) is 0 Å². The fourth-order valence-electron chi connectivity index (χ4n) is 3.67. The van der Waals surface area contributed by atoms with E-state index < -0.39 is 0 Å². The number of rotatable bonds is 13. The predicted molar refractivity (Wildman–Crippen MR) is 94.2 cm³/mol. The molecule has 1 aliphatic rings. The van der Waals surface area contributed by atoms with Gasteiger partial charge in [0, 0.05) is 0 Å². The van der Waals surface area contributed by atoms with E-state index in [1.165, 1.54) is 70.6 Å². The molecule has 0 bridgehead atoms. The Morgan fingerprint density at radius 2 is 1.73 bits per heavy atom. The van der Waals surface area contributed by atoms with E-state index in [9.17, 15) is 4.79 Å². The first kappa shape index (κ1) is 19.7. The van der Waals surface area contributed by atoms with Crippen LogP contribution in [0.4, 0.5) is 0 Å². The summed E-state index contributed by atoms with van der Waals surface area (Å²) >= 11 is 0. The first-order valence-electron chi connectivity index (χ1n) is 9.90. The summed E-state index contributed by atoms with van der Waals surface area (Å²) in [6.45, 7) is 4.49. The lowest BCUT2D eigenvalue weighted by Crippen LogP contribution is -2.28. The monoisotopic (exact) mass is 310 g/mol. The summed E-state index contributed by atoms with van der Waals surface area (Å²) in [6.07, 6.45) is 18.8. The molecule has 0 aliphatic heterocycles. The Morgan fingerprint density at radius 1 is 1.00 bits per heavy atom. The van der Waals surface area contributed by atoms with Crippen molar-refractivity contribution in [3.8, 4) is 0 Å². The van der Waals surface area contributed by atoms with Crippen LogP contribution < -0.4 is 0 Å². The van der Waals surface area contributed by atoms with Gasteiger partial charge in [-0.05, 0) is 25.2 Å². The van der Waals surface area contributed by atoms with Gasteiger partial charge in [0.2, 0.25) is 0 Å². The molecular formula is C20H38O2. The molecule has 2 heteroatoms. The predicted octanol–water partition coefficient (Wildman–Crippen LogP) is 6.07. The number of carbonyl (C=O) groups excluding carboxylic acids is 1. The van der Waals surface area contributed by atoms with Gasteiger partial charge < -0.3 is 9.53 Å². The molecule has 0 radical (unpaired) electrons. The minimum absolute atomic E-state index is 0.152. The highest BCUT2D eigenvalue weighted by Crippen LogP contribution is 2.31. The zero-order valence-corrected chi connectivity index (χ0v) is 15.0. The first-order chi connectivity index (χ1) is 10.8. The molecule has 2 nitrogen and oxygen atoms in total. The van der Waals surface area contributed by atoms with Gasteiger partial charge in [0.15, 0.2) is 0 Å². The largest absolute Gasteiger partial charge is 0.368 e. The standard InChI is InChI=1S/C20H38O2/c1-3-5-7-9-12-18-13-11-15-19(16-18)22-20(17-21)14-10-8-6-4-2/h17-20H,3-16H2,1-2H3. The molecule has 3 atom stereocenters. The summed E-state index contributed by atoms with van der Waals surface area (Å²) < 4.78 is 6.11. The fourth-order valence-corrected chi connectivity index (χ4v) is 3.67. The molecule has 0 heterocycles. The summed E-state index contributed by atoms with van der Waals surface area (Å²) in [5.41, 5.74) is 0. The van der Waals surface area contributed by atoms with E-state index >= 15 is 0 Å². The highest BCUT2D eigenvalue weighted by molar-refractivity contribution is 5.55. The van der Waals surface area contributed by atoms with Crippen molar-refractivity contribution >= 4 is 6.29 Å². The van der Waals surface area contributed by atoms with Crippen LogP contribution in [0.2, 0.25) is 0 Å². The Balaban J connectivity index is 2.20. The van der Waals surface area contributed by atoms with Crippen LogP contribution in [0.25, 0.3) is 0 Å². The third-order valence-electron chi connectivity index (χ3n) is 5.06. The van der Waals surface area contributed by atoms with Gasteiger partial charge in [-0.1, -0.05) is 84.5 Å². The number of ether oxygens (including phenoxy) is 1. The zero-order chi connectivity index (χ0) is 16.0. The average Bonchev–Trinajstić information content (AvgIpc) is 2.55. The second-order valence-electron chi connectivity index (χ2n) is 7.16. The molecule has 0 aromatic carbocycles. The molecule has 0 saturated heterocycles. The molecule has 130 valence electrons. The lowest BCUT2D eigenvalue weighted by molar-refractivity contribution is -0.124. The van der Waals surface area contributed by atoms with Gasteiger partial charge in [-0.2, -0.15) is 0 Å². The van der Waals surface area contributed by atoms with E-state index in [1.807, 2.05) is 0 Å². The second kappa shape index (κ2) is 13.1. The number of hydrogen-bond donors (Lipinski definition) is 0. The molecule has 0 spiro atoms. The van der Waals surface area contributed by atoms with E-state index in [4.69, 9.17) is 4.74 Å². The lowest BCUT2D eigenvalue weighted by atomic mass is 9.83. The number of aldehydes is 1. The minimum atomic E-state index is -0.152. The summed E-state index contributed by atoms with van der Waals surface area (Å²) in [5, 5.41) is 0. The van der Waals surface area contributed by atoms with Gasteiger partial charge in [0.1, 0.15) is 12.4 Å². The van der Waals surface area contributed by atoms with Crippen molar-refractivity contribution in [3.05, 3.63) is 0 Å². The van der Waals surface area contributed by atoms with Crippen LogP contribution in [0.5, 0.6) is 0 Å². The van der Waals surface area contributed by atoms with Crippen molar-refractivity contribution in [1.82, 2.24) is 0 Å². The summed E-state index contributed by atoms with van der Waals surface area (Å²) in [4.78, 5) is 11.2. The molecule has 0 aromatic heterocycles. The van der Waals surface area contributed by atoms with Gasteiger partial charge in [-0.3, -0.25) is 0 Å². The van der Waals surface area contributed by atoms with Crippen molar-refractivity contribution < 1.29 is 9.53 Å². The SMILES string of the molecule is CCCCCCC1CCCC(OC(C=O)CCCCCC)C1. The van der Waals surface area contributed by atoms with Crippen molar-refractivity contribution in [2.24, 2.45) is 5.92 Å². The molecule has 22 heavy (non-hydrogen) atoms. The van der Waals surface area contributed by atoms with E-state index in [0.717, 1.165) is 31.5 Å². The topological polar surface area (TPSA) is 26.3 Å². The summed E-state index contributed by atoms with van der Waals surface area (Å²) in [7, 11) is 0. The van der Waals surface area contributed by atoms with Crippen molar-refractivity contribution in [2.45, 2.75) is 116 Å². The molecular weight excluding hydrogens is 272 g/mol. The van der Waals surface area contributed by atoms with Crippen LogP contribution in [0.15, 0.2) is 0 Å². The number of unbranched alkanes of at least 4 members (excludes halogenated alkanes) is 6. The Bertz CT molecular complexity index is 264. The summed E-state index contributed by atoms with van der Waals surface area (Å²) in [6, 6.07) is 0. The van der Waals surface area contributed by atoms with Crippen LogP contribution in [-0.2, 0) is 9.53 Å². The number of hydrogen-bond acceptors (Lipinski definition) is 2. The first-order valence-corrected chi connectivity index (χ1v) is 9.90. The molecule has 3 unspecified atom stereocenters. The highest BCUT2D eigenvalue weighted by atomic mass is 16.5. The molecule has 1 rings (SSSR count). The van der Waals surface area contributed by atoms with Crippen LogP contribution >= 0.6 is 0 Å². The van der Waals surface area contributed by atoms with Crippen LogP contribution in [-0.4, -0.2) is 18.5 Å². The van der Waals surface area contributed by atoms with Gasteiger partial charge in [0.25, 0.3) is 0 Å². The normalized spacial score (nSPS) is 23.4. The Hall–Kier alpha value is -0.370. The Morgan fingerprint density at radius 3 is 2.41 bits per heavy atom. The van der Waals surface area contributed by atoms with Gasteiger partial charge >= 0.3 is 0 Å². The minimum Gasteiger partial charge on any atom is -0.368 e. The quantitative estimate of drug-likeness (QED) is 0.305. The second-order valence-corrected chi connectivity index (χ2v) is 7.16. The van der Waals surface area contributed by atoms with Gasteiger partial charge in [-0.25, -0.2) is 0 Å². The maximum atomic E-state index is 11.2. The smallest absolute Gasteiger partial charge is 0.148 e. The van der Waals surface area contributed by atoms with Crippen LogP contribution in [0.1, 0.15) is 104 Å². The van der Waals surface area contributed by atoms with E-state index in [2.05, 4.69) is 13.8 Å². The molecule has 0 N–H and O–H groups in total. The number of carbonyl (C=O) groups is 1. The third kappa shape index (κ3) is 8.92. The zero-order valence-electron chi connectivity index (χ0n) is 15.0. The van der Waals surface area contributed by atoms with Crippen molar-refractivity contribution in [1.29, 1.82) is 0 Å². The Kier molecular flexibility index (Phi) is 11.7. The van der Waals surface area contributed by atoms with E-state index in [1.54, 1.807) is 0 Å². The maximum Gasteiger partial charge on any atom is 0.148 e. The van der Waals surface area contributed by atoms with Crippen LogP contribution in [0, 0.1) is 5.92 Å². The van der Waals surface area contributed by atoms with E-state index in [0.29, 0.717) is 6.10 Å². The van der Waals surface area contributed by atoms with E-state index in [-0.39, 0.29) is 6.10 Å². The maximum absolute atomic E-state index is 11.2. The molecule has 1 aliphatic carbocycles. The lowest BCUT2D eigenvalue weighted by Gasteiger charge is -2.31. The highest BCUT2D eigenvalue weighted by Gasteiger charge is 2.24. The van der Waals surface area contributed by atoms with Gasteiger partial charge in [-0.15, -0.1) is 0 Å². The Labute approximate surface area is 138 Å². The van der Waals surface area contributed by atoms with Crippen molar-refractivity contribution in [3.63, 3.8) is 0 Å². The molecule has 0 aromatic rings. The molecule has 1 saturated carbocycles. The van der Waals surface area contributed by atoms with Gasteiger partial charge in [0.05, 0.1) is 6.10 Å². The molecule has 1 fully saturated rings. The fraction of sp³-hybridized carbons (Fsp3) is 0.950.